The second-order valence-corrected chi connectivity index (χ2v) is 6.00. The summed E-state index contributed by atoms with van der Waals surface area (Å²) in [6.07, 6.45) is 0.798. The lowest BCUT2D eigenvalue weighted by molar-refractivity contribution is -0.113. The Morgan fingerprint density at radius 1 is 1.20 bits per heavy atom. The van der Waals surface area contributed by atoms with Gasteiger partial charge in [0.25, 0.3) is 0 Å². The number of anilines is 1. The molecule has 3 nitrogen and oxygen atoms in total. The Labute approximate surface area is 129 Å². The van der Waals surface area contributed by atoms with Gasteiger partial charge in [0.05, 0.1) is 5.75 Å². The molecule has 20 heavy (non-hydrogen) atoms. The quantitative estimate of drug-likeness (QED) is 0.655. The highest BCUT2D eigenvalue weighted by atomic mass is 79.9. The molecule has 0 saturated carbocycles. The molecule has 0 bridgehead atoms. The maximum Gasteiger partial charge on any atom is 0.234 e. The molecule has 0 unspecified atom stereocenters. The largest absolute Gasteiger partial charge is 0.325 e. The van der Waals surface area contributed by atoms with Crippen molar-refractivity contribution >= 4 is 45.6 Å². The highest BCUT2D eigenvalue weighted by Crippen LogP contribution is 2.19. The number of nitrogens with one attached hydrogen (secondary N) is 1. The zero-order chi connectivity index (χ0) is 14.4. The first-order valence-electron chi connectivity index (χ1n) is 5.91. The summed E-state index contributed by atoms with van der Waals surface area (Å²) in [7, 11) is 0. The highest BCUT2D eigenvalue weighted by molar-refractivity contribution is 9.10. The summed E-state index contributed by atoms with van der Waals surface area (Å²) in [6, 6.07) is 14.6. The van der Waals surface area contributed by atoms with E-state index in [0.29, 0.717) is 11.3 Å². The number of amides is 1. The molecular formula is C15H12BrNO2S. The van der Waals surface area contributed by atoms with E-state index in [-0.39, 0.29) is 5.91 Å². The van der Waals surface area contributed by atoms with Crippen molar-refractivity contribution in [1.29, 1.82) is 0 Å². The fourth-order valence-electron chi connectivity index (χ4n) is 1.56. The number of thioether (sulfide) groups is 1. The molecule has 0 aliphatic heterocycles. The van der Waals surface area contributed by atoms with E-state index in [1.54, 1.807) is 18.2 Å². The summed E-state index contributed by atoms with van der Waals surface area (Å²) >= 11 is 4.74. The van der Waals surface area contributed by atoms with E-state index in [0.717, 1.165) is 21.3 Å². The molecule has 1 amide bonds. The minimum atomic E-state index is -0.0752. The molecule has 5 heteroatoms. The minimum absolute atomic E-state index is 0.0752. The van der Waals surface area contributed by atoms with Gasteiger partial charge in [-0.15, -0.1) is 11.8 Å². The molecule has 2 aromatic rings. The zero-order valence-electron chi connectivity index (χ0n) is 10.5. The number of aldehydes is 1. The van der Waals surface area contributed by atoms with Crippen LogP contribution in [0.4, 0.5) is 5.69 Å². The first-order chi connectivity index (χ1) is 9.67. The van der Waals surface area contributed by atoms with Crippen molar-refractivity contribution in [2.24, 2.45) is 0 Å². The third-order valence-electron chi connectivity index (χ3n) is 2.49. The van der Waals surface area contributed by atoms with Crippen LogP contribution >= 0.6 is 27.7 Å². The van der Waals surface area contributed by atoms with E-state index in [4.69, 9.17) is 0 Å². The van der Waals surface area contributed by atoms with Gasteiger partial charge >= 0.3 is 0 Å². The standard InChI is InChI=1S/C15H12BrNO2S/c16-12-4-6-13(7-5-12)17-15(19)10-20-14-3-1-2-11(8-14)9-18/h1-9H,10H2,(H,17,19). The lowest BCUT2D eigenvalue weighted by atomic mass is 10.2. The second kappa shape index (κ2) is 7.26. The van der Waals surface area contributed by atoms with Crippen molar-refractivity contribution in [2.75, 3.05) is 11.1 Å². The van der Waals surface area contributed by atoms with E-state index in [1.165, 1.54) is 11.8 Å². The number of carbonyl (C=O) groups is 2. The summed E-state index contributed by atoms with van der Waals surface area (Å²) in [5.74, 6) is 0.229. The van der Waals surface area contributed by atoms with Gasteiger partial charge in [-0.05, 0) is 36.4 Å². The lowest BCUT2D eigenvalue weighted by Crippen LogP contribution is -2.13. The minimum Gasteiger partial charge on any atom is -0.325 e. The summed E-state index contributed by atoms with van der Waals surface area (Å²) in [4.78, 5) is 23.4. The third kappa shape index (κ3) is 4.51. The van der Waals surface area contributed by atoms with Gasteiger partial charge in [0.15, 0.2) is 0 Å². The van der Waals surface area contributed by atoms with E-state index in [2.05, 4.69) is 21.2 Å². The van der Waals surface area contributed by atoms with E-state index >= 15 is 0 Å². The van der Waals surface area contributed by atoms with Crippen molar-refractivity contribution in [2.45, 2.75) is 4.90 Å². The Morgan fingerprint density at radius 3 is 2.65 bits per heavy atom. The van der Waals surface area contributed by atoms with Crippen molar-refractivity contribution in [3.63, 3.8) is 0 Å². The van der Waals surface area contributed by atoms with Crippen molar-refractivity contribution in [1.82, 2.24) is 0 Å². The van der Waals surface area contributed by atoms with Crippen LogP contribution in [0.5, 0.6) is 0 Å². The maximum absolute atomic E-state index is 11.8. The Hall–Kier alpha value is -1.59. The molecule has 2 rings (SSSR count). The van der Waals surface area contributed by atoms with Crippen molar-refractivity contribution < 1.29 is 9.59 Å². The molecule has 0 heterocycles. The average Bonchev–Trinajstić information content (AvgIpc) is 2.48. The van der Waals surface area contributed by atoms with Gasteiger partial charge in [0, 0.05) is 20.6 Å². The van der Waals surface area contributed by atoms with E-state index in [1.807, 2.05) is 30.3 Å². The molecular weight excluding hydrogens is 338 g/mol. The summed E-state index contributed by atoms with van der Waals surface area (Å²) in [5, 5.41) is 2.82. The van der Waals surface area contributed by atoms with E-state index in [9.17, 15) is 9.59 Å². The summed E-state index contributed by atoms with van der Waals surface area (Å²) in [5.41, 5.74) is 1.38. The molecule has 0 atom stereocenters. The van der Waals surface area contributed by atoms with Gasteiger partial charge in [-0.2, -0.15) is 0 Å². The van der Waals surface area contributed by atoms with Crippen LogP contribution in [-0.4, -0.2) is 17.9 Å². The maximum atomic E-state index is 11.8. The fraction of sp³-hybridized carbons (Fsp3) is 0.0667. The SMILES string of the molecule is O=Cc1cccc(SCC(=O)Nc2ccc(Br)cc2)c1. The monoisotopic (exact) mass is 349 g/mol. The van der Waals surface area contributed by atoms with Crippen LogP contribution in [0.1, 0.15) is 10.4 Å². The normalized spacial score (nSPS) is 10.1. The molecule has 0 saturated heterocycles. The first kappa shape index (κ1) is 14.8. The zero-order valence-corrected chi connectivity index (χ0v) is 12.9. The Morgan fingerprint density at radius 2 is 1.95 bits per heavy atom. The van der Waals surface area contributed by atoms with Crippen LogP contribution in [0.15, 0.2) is 57.9 Å². The molecule has 0 radical (unpaired) electrons. The molecule has 0 aliphatic carbocycles. The third-order valence-corrected chi connectivity index (χ3v) is 4.01. The molecule has 0 spiro atoms. The summed E-state index contributed by atoms with van der Waals surface area (Å²) in [6.45, 7) is 0. The number of hydrogen-bond donors (Lipinski definition) is 1. The summed E-state index contributed by atoms with van der Waals surface area (Å²) < 4.78 is 0.968. The van der Waals surface area contributed by atoms with Gasteiger partial charge in [-0.1, -0.05) is 28.1 Å². The van der Waals surface area contributed by atoms with Crippen molar-refractivity contribution in [3.8, 4) is 0 Å². The molecule has 1 N–H and O–H groups in total. The molecule has 2 aromatic carbocycles. The molecule has 0 aliphatic rings. The van der Waals surface area contributed by atoms with Gasteiger partial charge in [-0.3, -0.25) is 9.59 Å². The Kier molecular flexibility index (Phi) is 5.38. The van der Waals surface area contributed by atoms with Gasteiger partial charge in [0.1, 0.15) is 6.29 Å². The fourth-order valence-corrected chi connectivity index (χ4v) is 2.59. The smallest absolute Gasteiger partial charge is 0.234 e. The highest BCUT2D eigenvalue weighted by Gasteiger charge is 2.04. The van der Waals surface area contributed by atoms with Crippen LogP contribution in [0, 0.1) is 0 Å². The van der Waals surface area contributed by atoms with E-state index < -0.39 is 0 Å². The predicted molar refractivity (Wildman–Crippen MR) is 85.3 cm³/mol. The number of halogens is 1. The number of rotatable bonds is 5. The topological polar surface area (TPSA) is 46.2 Å². The van der Waals surface area contributed by atoms with Gasteiger partial charge < -0.3 is 5.32 Å². The lowest BCUT2D eigenvalue weighted by Gasteiger charge is -2.05. The van der Waals surface area contributed by atoms with Crippen LogP contribution in [0.2, 0.25) is 0 Å². The van der Waals surface area contributed by atoms with Gasteiger partial charge in [0.2, 0.25) is 5.91 Å². The predicted octanol–water partition coefficient (Wildman–Crippen LogP) is 3.99. The molecule has 0 aromatic heterocycles. The molecule has 102 valence electrons. The first-order valence-corrected chi connectivity index (χ1v) is 7.69. The number of benzene rings is 2. The van der Waals surface area contributed by atoms with Crippen LogP contribution in [0.25, 0.3) is 0 Å². The van der Waals surface area contributed by atoms with Crippen LogP contribution < -0.4 is 5.32 Å². The number of carbonyl (C=O) groups excluding carboxylic acids is 2. The molecule has 0 fully saturated rings. The Balaban J connectivity index is 1.88. The average molecular weight is 350 g/mol. The van der Waals surface area contributed by atoms with Crippen LogP contribution in [-0.2, 0) is 4.79 Å². The van der Waals surface area contributed by atoms with Crippen LogP contribution in [0.3, 0.4) is 0 Å². The number of hydrogen-bond acceptors (Lipinski definition) is 3. The Bertz CT molecular complexity index is 614. The van der Waals surface area contributed by atoms with Gasteiger partial charge in [-0.25, -0.2) is 0 Å². The van der Waals surface area contributed by atoms with Crippen molar-refractivity contribution in [3.05, 3.63) is 58.6 Å². The second-order valence-electron chi connectivity index (χ2n) is 4.03.